The molecule has 0 bridgehead atoms. The third-order valence-electron chi connectivity index (χ3n) is 6.43. The van der Waals surface area contributed by atoms with E-state index in [0.717, 1.165) is 39.6 Å². The van der Waals surface area contributed by atoms with Gasteiger partial charge in [0, 0.05) is 12.0 Å². The van der Waals surface area contributed by atoms with Crippen LogP contribution in [0.1, 0.15) is 61.6 Å². The predicted octanol–water partition coefficient (Wildman–Crippen LogP) is 6.45. The lowest BCUT2D eigenvalue weighted by atomic mass is 9.96. The summed E-state index contributed by atoms with van der Waals surface area (Å²) < 4.78 is 17.1. The van der Waals surface area contributed by atoms with Gasteiger partial charge >= 0.3 is 6.09 Å². The summed E-state index contributed by atoms with van der Waals surface area (Å²) in [5.41, 5.74) is 2.31. The highest BCUT2D eigenvalue weighted by molar-refractivity contribution is 7.18. The van der Waals surface area contributed by atoms with Crippen molar-refractivity contribution in [2.45, 2.75) is 58.3 Å². The number of carbonyl (C=O) groups excluding carboxylic acids is 1. The number of fused-ring (bicyclic) bond motifs is 1. The quantitative estimate of drug-likeness (QED) is 0.270. The SMILES string of the molecule is COc1ccc(COc2nc(C(C)(C)C)nc3sc(C4CCCN4C(=O)OCc4ccccc4)nc23)cc1. The second kappa shape index (κ2) is 10.9. The molecule has 0 spiro atoms. The fourth-order valence-electron chi connectivity index (χ4n) is 4.31. The molecule has 5 rings (SSSR count). The summed E-state index contributed by atoms with van der Waals surface area (Å²) in [5.74, 6) is 1.94. The highest BCUT2D eigenvalue weighted by Crippen LogP contribution is 2.39. The molecule has 38 heavy (non-hydrogen) atoms. The van der Waals surface area contributed by atoms with Crippen LogP contribution in [0.4, 0.5) is 4.79 Å². The van der Waals surface area contributed by atoms with Gasteiger partial charge in [-0.25, -0.2) is 14.8 Å². The number of rotatable bonds is 7. The zero-order valence-electron chi connectivity index (χ0n) is 22.1. The number of aromatic nitrogens is 3. The van der Waals surface area contributed by atoms with Gasteiger partial charge in [0.1, 0.15) is 29.8 Å². The molecule has 1 fully saturated rings. The summed E-state index contributed by atoms with van der Waals surface area (Å²) >= 11 is 1.49. The summed E-state index contributed by atoms with van der Waals surface area (Å²) in [6.07, 6.45) is 1.39. The average molecular weight is 533 g/mol. The maximum Gasteiger partial charge on any atom is 0.410 e. The summed E-state index contributed by atoms with van der Waals surface area (Å²) in [6.45, 7) is 7.44. The third kappa shape index (κ3) is 5.72. The first-order valence-corrected chi connectivity index (χ1v) is 13.6. The molecule has 0 N–H and O–H groups in total. The van der Waals surface area contributed by atoms with E-state index in [4.69, 9.17) is 29.2 Å². The number of likely N-dealkylation sites (tertiary alicyclic amines) is 1. The van der Waals surface area contributed by atoms with Crippen LogP contribution >= 0.6 is 11.3 Å². The molecular weight excluding hydrogens is 500 g/mol. The van der Waals surface area contributed by atoms with Crippen molar-refractivity contribution in [2.24, 2.45) is 0 Å². The van der Waals surface area contributed by atoms with Crippen molar-refractivity contribution in [3.8, 4) is 11.6 Å². The van der Waals surface area contributed by atoms with Crippen LogP contribution in [-0.4, -0.2) is 39.6 Å². The number of amides is 1. The number of hydrogen-bond acceptors (Lipinski definition) is 8. The Labute approximate surface area is 226 Å². The van der Waals surface area contributed by atoms with E-state index in [-0.39, 0.29) is 24.2 Å². The zero-order chi connectivity index (χ0) is 26.7. The molecule has 2 aromatic heterocycles. The molecule has 1 amide bonds. The van der Waals surface area contributed by atoms with Crippen molar-refractivity contribution in [2.75, 3.05) is 13.7 Å². The second-order valence-corrected chi connectivity index (χ2v) is 11.3. The maximum atomic E-state index is 13.0. The molecule has 2 aromatic carbocycles. The molecule has 1 atom stereocenters. The standard InChI is InChI=1S/C29H32N4O4S/c1-29(2,3)27-31-24(36-17-20-12-14-21(35-4)15-13-20)23-26(32-27)38-25(30-23)22-11-8-16-33(22)28(34)37-18-19-9-6-5-7-10-19/h5-7,9-10,12-15,22H,8,11,16-18H2,1-4H3. The highest BCUT2D eigenvalue weighted by Gasteiger charge is 2.34. The smallest absolute Gasteiger partial charge is 0.410 e. The molecule has 0 aliphatic carbocycles. The van der Waals surface area contributed by atoms with E-state index >= 15 is 0 Å². The maximum absolute atomic E-state index is 13.0. The second-order valence-electron chi connectivity index (χ2n) is 10.3. The van der Waals surface area contributed by atoms with Crippen molar-refractivity contribution in [1.29, 1.82) is 0 Å². The monoisotopic (exact) mass is 532 g/mol. The van der Waals surface area contributed by atoms with Crippen molar-refractivity contribution < 1.29 is 19.0 Å². The minimum absolute atomic E-state index is 0.162. The number of nitrogens with zero attached hydrogens (tertiary/aromatic N) is 4. The number of ether oxygens (including phenoxy) is 3. The Morgan fingerprint density at radius 3 is 2.45 bits per heavy atom. The van der Waals surface area contributed by atoms with Crippen molar-refractivity contribution >= 4 is 27.8 Å². The Hall–Kier alpha value is -3.72. The van der Waals surface area contributed by atoms with Gasteiger partial charge in [-0.2, -0.15) is 4.98 Å². The van der Waals surface area contributed by atoms with Gasteiger partial charge in [0.2, 0.25) is 5.88 Å². The van der Waals surface area contributed by atoms with Crippen molar-refractivity contribution in [3.05, 3.63) is 76.6 Å². The van der Waals surface area contributed by atoms with E-state index in [2.05, 4.69) is 20.8 Å². The predicted molar refractivity (Wildman–Crippen MR) is 147 cm³/mol. The topological polar surface area (TPSA) is 86.7 Å². The Morgan fingerprint density at radius 2 is 1.74 bits per heavy atom. The molecule has 198 valence electrons. The minimum Gasteiger partial charge on any atom is -0.497 e. The van der Waals surface area contributed by atoms with Crippen LogP contribution in [0.15, 0.2) is 54.6 Å². The van der Waals surface area contributed by atoms with Crippen LogP contribution in [0.25, 0.3) is 10.3 Å². The number of methoxy groups -OCH3 is 1. The lowest BCUT2D eigenvalue weighted by molar-refractivity contribution is 0.0920. The van der Waals surface area contributed by atoms with Crippen LogP contribution in [0.2, 0.25) is 0 Å². The lowest BCUT2D eigenvalue weighted by Gasteiger charge is -2.22. The summed E-state index contributed by atoms with van der Waals surface area (Å²) in [5, 5.41) is 0.823. The van der Waals surface area contributed by atoms with E-state index in [1.54, 1.807) is 12.0 Å². The first kappa shape index (κ1) is 25.9. The van der Waals surface area contributed by atoms with Crippen molar-refractivity contribution in [1.82, 2.24) is 19.9 Å². The van der Waals surface area contributed by atoms with Crippen LogP contribution < -0.4 is 9.47 Å². The molecule has 9 heteroatoms. The third-order valence-corrected chi connectivity index (χ3v) is 7.48. The van der Waals surface area contributed by atoms with Gasteiger partial charge in [-0.15, -0.1) is 0 Å². The fraction of sp³-hybridized carbons (Fsp3) is 0.379. The van der Waals surface area contributed by atoms with Crippen LogP contribution in [-0.2, 0) is 23.4 Å². The van der Waals surface area contributed by atoms with Gasteiger partial charge in [0.25, 0.3) is 0 Å². The molecule has 1 unspecified atom stereocenters. The van der Waals surface area contributed by atoms with Gasteiger partial charge in [0.05, 0.1) is 13.2 Å². The summed E-state index contributed by atoms with van der Waals surface area (Å²) in [6, 6.07) is 17.3. The number of benzene rings is 2. The Bertz CT molecular complexity index is 1400. The van der Waals surface area contributed by atoms with Crippen molar-refractivity contribution in [3.63, 3.8) is 0 Å². The van der Waals surface area contributed by atoms with Crippen LogP contribution in [0, 0.1) is 0 Å². The van der Waals surface area contributed by atoms with Gasteiger partial charge in [-0.1, -0.05) is 74.6 Å². The number of carbonyl (C=O) groups is 1. The summed E-state index contributed by atoms with van der Waals surface area (Å²) in [4.78, 5) is 30.0. The van der Waals surface area contributed by atoms with E-state index in [1.165, 1.54) is 11.3 Å². The molecule has 1 aliphatic heterocycles. The molecule has 8 nitrogen and oxygen atoms in total. The van der Waals surface area contributed by atoms with E-state index in [0.29, 0.717) is 30.4 Å². The molecule has 1 aliphatic rings. The molecule has 1 saturated heterocycles. The lowest BCUT2D eigenvalue weighted by Crippen LogP contribution is -2.31. The molecule has 4 aromatic rings. The Balaban J connectivity index is 1.39. The normalized spacial score (nSPS) is 15.6. The largest absolute Gasteiger partial charge is 0.497 e. The van der Waals surface area contributed by atoms with Gasteiger partial charge in [0.15, 0.2) is 10.3 Å². The van der Waals surface area contributed by atoms with Gasteiger partial charge < -0.3 is 14.2 Å². The Kier molecular flexibility index (Phi) is 7.46. The fourth-order valence-corrected chi connectivity index (χ4v) is 5.39. The zero-order valence-corrected chi connectivity index (χ0v) is 23.0. The molecule has 3 heterocycles. The van der Waals surface area contributed by atoms with E-state index in [1.807, 2.05) is 54.6 Å². The average Bonchev–Trinajstić information content (AvgIpc) is 3.58. The van der Waals surface area contributed by atoms with Crippen LogP contribution in [0.3, 0.4) is 0 Å². The first-order chi connectivity index (χ1) is 18.3. The van der Waals surface area contributed by atoms with E-state index in [9.17, 15) is 4.79 Å². The van der Waals surface area contributed by atoms with E-state index < -0.39 is 0 Å². The molecular formula is C29H32N4O4S. The number of thiazole rings is 1. The highest BCUT2D eigenvalue weighted by atomic mass is 32.1. The molecule has 0 saturated carbocycles. The van der Waals surface area contributed by atoms with Gasteiger partial charge in [-0.3, -0.25) is 4.90 Å². The first-order valence-electron chi connectivity index (χ1n) is 12.7. The van der Waals surface area contributed by atoms with Gasteiger partial charge in [-0.05, 0) is 36.1 Å². The number of hydrogen-bond donors (Lipinski definition) is 0. The Morgan fingerprint density at radius 1 is 1.00 bits per heavy atom. The molecule has 0 radical (unpaired) electrons. The minimum atomic E-state index is -0.326. The summed E-state index contributed by atoms with van der Waals surface area (Å²) in [7, 11) is 1.64. The van der Waals surface area contributed by atoms with Crippen LogP contribution in [0.5, 0.6) is 11.6 Å².